The third kappa shape index (κ3) is 12.2. The van der Waals surface area contributed by atoms with Gasteiger partial charge in [0.25, 0.3) is 0 Å². The van der Waals surface area contributed by atoms with Crippen LogP contribution in [0.5, 0.6) is 0 Å². The molecule has 0 aromatic carbocycles. The van der Waals surface area contributed by atoms with Gasteiger partial charge in [-0.25, -0.2) is 0 Å². The number of aliphatic imine (C=N–C) groups is 3. The predicted octanol–water partition coefficient (Wildman–Crippen LogP) is 2.71. The van der Waals surface area contributed by atoms with Crippen molar-refractivity contribution in [2.24, 2.45) is 94.7 Å². The van der Waals surface area contributed by atoms with Crippen molar-refractivity contribution in [3.05, 3.63) is 52.8 Å². The van der Waals surface area contributed by atoms with Crippen molar-refractivity contribution in [1.82, 2.24) is 5.32 Å². The van der Waals surface area contributed by atoms with E-state index in [2.05, 4.69) is 5.32 Å². The molecule has 72 heavy (non-hydrogen) atoms. The van der Waals surface area contributed by atoms with Crippen LogP contribution in [-0.2, 0) is 50.3 Å². The molecule has 21 nitrogen and oxygen atoms in total. The standard InChI is InChI=1S/C48H73N11O8.2CN.Co/c1-23(60)22-55-38(67)16-17-45(6)29(18-35(52)64)43-48(9)47(8,21-37(54)66)28(12-15-34(51)63)40(59-48)25(3)42-46(7,20-36(53)65)26(10-13-32(49)61)30(56-42)19-31-44(4,5)27(11-14-33(50)62)39(57-31)24(2)41(45)58-43;2*1-2;/h19,23,26-29,43,60H,10-18,20-22H2,1-9H3,(H14,49,50,51,52,53,54,55,56,57,58,59,61,62,63,64,65,66,67);;;/q;2*-1;/p-1/t23?,26-,27-,28-,29+,43?,45-,46+,47+,48+;;;/m1.../s1. The Bertz CT molecular complexity index is 2410. The van der Waals surface area contributed by atoms with Crippen LogP contribution in [0.1, 0.15) is 133 Å². The summed E-state index contributed by atoms with van der Waals surface area (Å²) in [5.41, 5.74) is 34.4. The van der Waals surface area contributed by atoms with E-state index >= 15 is 0 Å². The Kier molecular flexibility index (Phi) is 20.6. The number of carbonyl (C=O) groups is 7. The molecular weight excluding hydrogens is 970 g/mol. The number of amides is 7. The van der Waals surface area contributed by atoms with E-state index in [1.165, 1.54) is 0 Å². The molecule has 14 N–H and O–H groups in total. The number of hydrogen-bond acceptors (Lipinski definition) is 13. The molecule has 22 heteroatoms. The first-order valence-corrected chi connectivity index (χ1v) is 23.7. The van der Waals surface area contributed by atoms with Gasteiger partial charge in [-0.05, 0) is 81.9 Å². The topological polar surface area (TPSA) is 407 Å². The van der Waals surface area contributed by atoms with Crippen LogP contribution in [0.2, 0.25) is 0 Å². The molecule has 0 aliphatic carbocycles. The maximum Gasteiger partial charge on any atom is 0.220 e. The molecule has 5 rings (SSSR count). The molecule has 5 heterocycles. The smallest absolute Gasteiger partial charge is 0.220 e. The van der Waals surface area contributed by atoms with E-state index in [1.807, 2.05) is 61.5 Å². The predicted molar refractivity (Wildman–Crippen MR) is 264 cm³/mol. The maximum atomic E-state index is 13.5. The molecule has 10 atom stereocenters. The maximum absolute atomic E-state index is 13.5. The molecule has 1 fully saturated rings. The van der Waals surface area contributed by atoms with E-state index in [4.69, 9.17) is 78.4 Å². The van der Waals surface area contributed by atoms with E-state index in [0.29, 0.717) is 51.8 Å². The van der Waals surface area contributed by atoms with E-state index in [0.717, 1.165) is 0 Å². The average molecular weight is 1040 g/mol. The quantitative estimate of drug-likeness (QED) is 0.0824. The second kappa shape index (κ2) is 24.0. The summed E-state index contributed by atoms with van der Waals surface area (Å²) in [6, 6.07) is -0.923. The van der Waals surface area contributed by atoms with Crippen LogP contribution < -0.4 is 39.7 Å². The van der Waals surface area contributed by atoms with Gasteiger partial charge in [0.05, 0.1) is 17.3 Å². The fraction of sp³-hybridized carbons (Fsp3) is 0.640. The van der Waals surface area contributed by atoms with Crippen molar-refractivity contribution in [3.63, 3.8) is 0 Å². The average Bonchev–Trinajstić information content (AvgIpc) is 3.88. The number of carbonyl (C=O) groups excluding carboxylic acids is 7. The Morgan fingerprint density at radius 1 is 0.708 bits per heavy atom. The number of rotatable bonds is 20. The molecule has 5 aliphatic rings. The molecule has 0 saturated carbocycles. The molecular formula is C50H72CoN13O8-3. The minimum atomic E-state index is -1.40. The Morgan fingerprint density at radius 2 is 1.22 bits per heavy atom. The van der Waals surface area contributed by atoms with E-state index in [-0.39, 0.29) is 93.4 Å². The van der Waals surface area contributed by atoms with Gasteiger partial charge in [0, 0.05) is 125 Å². The summed E-state index contributed by atoms with van der Waals surface area (Å²) in [4.78, 5) is 108. The monoisotopic (exact) mass is 1040 g/mol. The fourth-order valence-corrected chi connectivity index (χ4v) is 12.2. The zero-order valence-corrected chi connectivity index (χ0v) is 43.9. The number of allylic oxidation sites excluding steroid dienone is 6. The SMILES string of the molecule is C/C1=C2/[N-]C([C@H](CC(N)=O)[C@@]2(C)CCC(=O)NCC(C)O)[C@]2(C)N=C(/C(C)=C3N=C(/C=C4N=C1[C@@H](CCC(N)=O)C\4(C)C)[C@@H](CCC(N)=O)[C@]\3(C)CC(N)=O)[C@@H](CCC(N)=O)[C@]2(C)CC(N)=O.[C-]#N.[C-]#N.[Co]. The van der Waals surface area contributed by atoms with Gasteiger partial charge >= 0.3 is 0 Å². The van der Waals surface area contributed by atoms with Gasteiger partial charge in [-0.3, -0.25) is 48.5 Å². The van der Waals surface area contributed by atoms with Crippen molar-refractivity contribution in [2.45, 2.75) is 151 Å². The summed E-state index contributed by atoms with van der Waals surface area (Å²) in [5.74, 6) is -6.42. The Hall–Kier alpha value is -6.23. The molecule has 8 bridgehead atoms. The van der Waals surface area contributed by atoms with Crippen LogP contribution in [0.3, 0.4) is 0 Å². The normalized spacial score (nSPS) is 32.8. The second-order valence-electron chi connectivity index (χ2n) is 21.1. The number of nitrogens with one attached hydrogen (secondary N) is 1. The minimum absolute atomic E-state index is 0. The molecule has 397 valence electrons. The number of aliphatic hydroxyl groups is 1. The van der Waals surface area contributed by atoms with Crippen molar-refractivity contribution < 1.29 is 55.4 Å². The largest absolute Gasteiger partial charge is 0.682 e. The van der Waals surface area contributed by atoms with Gasteiger partial charge < -0.3 is 73.8 Å². The fourth-order valence-electron chi connectivity index (χ4n) is 12.2. The molecule has 0 aromatic heterocycles. The third-order valence-corrected chi connectivity index (χ3v) is 16.0. The zero-order chi connectivity index (χ0) is 54.4. The summed E-state index contributed by atoms with van der Waals surface area (Å²) in [6.07, 6.45) is 1.02. The van der Waals surface area contributed by atoms with Crippen molar-refractivity contribution >= 4 is 58.5 Å². The number of primary amides is 6. The van der Waals surface area contributed by atoms with Crippen molar-refractivity contribution in [1.29, 1.82) is 10.5 Å². The third-order valence-electron chi connectivity index (χ3n) is 16.0. The molecule has 0 spiro atoms. The van der Waals surface area contributed by atoms with Gasteiger partial charge in [0.1, 0.15) is 0 Å². The van der Waals surface area contributed by atoms with Gasteiger partial charge in [0.2, 0.25) is 41.4 Å². The first-order chi connectivity index (χ1) is 32.9. The van der Waals surface area contributed by atoms with Crippen LogP contribution >= 0.6 is 0 Å². The molecule has 1 saturated heterocycles. The van der Waals surface area contributed by atoms with Gasteiger partial charge in [-0.2, -0.15) is 5.70 Å². The Labute approximate surface area is 432 Å². The molecule has 2 unspecified atom stereocenters. The molecule has 0 aromatic rings. The number of nitrogens with two attached hydrogens (primary N) is 6. The van der Waals surface area contributed by atoms with E-state index in [9.17, 15) is 38.7 Å². The zero-order valence-electron chi connectivity index (χ0n) is 42.8. The summed E-state index contributed by atoms with van der Waals surface area (Å²) >= 11 is 0. The van der Waals surface area contributed by atoms with E-state index in [1.54, 1.807) is 6.92 Å². The first-order valence-electron chi connectivity index (χ1n) is 23.7. The van der Waals surface area contributed by atoms with Crippen LogP contribution in [0, 0.1) is 69.0 Å². The van der Waals surface area contributed by atoms with Crippen LogP contribution in [0.15, 0.2) is 49.3 Å². The Balaban J connectivity index is 0.00000346. The molecule has 7 amide bonds. The summed E-state index contributed by atoms with van der Waals surface area (Å²) < 4.78 is 0. The number of fused-ring (bicyclic) bond motifs is 6. The molecule has 1 radical (unpaired) electrons. The number of nitrogens with zero attached hydrogens (tertiary/aromatic N) is 6. The molecule has 5 aliphatic heterocycles. The first kappa shape index (κ1) is 61.9. The number of aliphatic hydroxyl groups excluding tert-OH is 1. The van der Waals surface area contributed by atoms with Gasteiger partial charge in [-0.15, -0.1) is 0 Å². The minimum Gasteiger partial charge on any atom is -0.682 e. The van der Waals surface area contributed by atoms with E-state index < -0.39 is 98.5 Å². The Morgan fingerprint density at radius 3 is 1.71 bits per heavy atom. The summed E-state index contributed by atoms with van der Waals surface area (Å²) in [6.45, 7) is 26.3. The second-order valence-corrected chi connectivity index (χ2v) is 21.1. The van der Waals surface area contributed by atoms with Crippen LogP contribution in [0.25, 0.3) is 5.32 Å². The van der Waals surface area contributed by atoms with Gasteiger partial charge in [0.15, 0.2) is 0 Å². The van der Waals surface area contributed by atoms with Crippen LogP contribution in [0.4, 0.5) is 0 Å². The summed E-state index contributed by atoms with van der Waals surface area (Å²) in [5, 5.41) is 30.8. The summed E-state index contributed by atoms with van der Waals surface area (Å²) in [7, 11) is 0. The van der Waals surface area contributed by atoms with Crippen molar-refractivity contribution in [2.75, 3.05) is 6.54 Å². The van der Waals surface area contributed by atoms with Crippen LogP contribution in [-0.4, -0.2) is 87.8 Å². The van der Waals surface area contributed by atoms with Gasteiger partial charge in [-0.1, -0.05) is 40.7 Å². The van der Waals surface area contributed by atoms with Crippen molar-refractivity contribution in [3.8, 4) is 0 Å². The number of hydrogen-bond donors (Lipinski definition) is 8.